The molecule has 2 heterocycles. The van der Waals surface area contributed by atoms with Gasteiger partial charge in [-0.3, -0.25) is 9.59 Å². The fraction of sp³-hybridized carbons (Fsp3) is 0.500. The number of carbonyl (C=O) groups excluding carboxylic acids is 2. The SMILES string of the molecule is C/C=C/C=C/C(O)=C1/C(=O)[C@]2(C)[C@H]3/C(=C(O)/C=C/C=C/C)C(=O)[C@]4(C)[C@@H]1[C@]1(C)O[C@@]4(O)[C@@]3(C)O[C@@]12O. The van der Waals surface area contributed by atoms with E-state index in [2.05, 4.69) is 0 Å². The lowest BCUT2D eigenvalue weighted by Crippen LogP contribution is -2.74. The van der Waals surface area contributed by atoms with E-state index >= 15 is 0 Å². The van der Waals surface area contributed by atoms with E-state index in [1.165, 1.54) is 39.8 Å². The zero-order valence-electron chi connectivity index (χ0n) is 21.2. The van der Waals surface area contributed by atoms with Gasteiger partial charge in [-0.25, -0.2) is 0 Å². The summed E-state index contributed by atoms with van der Waals surface area (Å²) in [4.78, 5) is 28.7. The lowest BCUT2D eigenvalue weighted by atomic mass is 9.39. The van der Waals surface area contributed by atoms with Gasteiger partial charge in [0.05, 0.1) is 10.8 Å². The van der Waals surface area contributed by atoms with Crippen LogP contribution in [0, 0.1) is 22.7 Å². The fourth-order valence-electron chi connectivity index (χ4n) is 7.94. The molecule has 36 heavy (non-hydrogen) atoms. The largest absolute Gasteiger partial charge is 0.508 e. The molecule has 0 aromatic heterocycles. The molecule has 5 fully saturated rings. The number of Topliss-reactive ketones (excluding diaryl/α,β-unsaturated/α-hetero) is 2. The maximum atomic E-state index is 14.3. The van der Waals surface area contributed by atoms with Crippen molar-refractivity contribution in [3.8, 4) is 0 Å². The zero-order valence-corrected chi connectivity index (χ0v) is 21.2. The summed E-state index contributed by atoms with van der Waals surface area (Å²) in [5, 5.41) is 46.6. The molecule has 5 aliphatic rings. The molecule has 0 aromatic rings. The molecule has 0 unspecified atom stereocenters. The smallest absolute Gasteiger partial charge is 0.210 e. The molecule has 0 amide bonds. The number of rotatable bonds is 4. The Balaban J connectivity index is 1.93. The summed E-state index contributed by atoms with van der Waals surface area (Å²) < 4.78 is 12.5. The van der Waals surface area contributed by atoms with Gasteiger partial charge >= 0.3 is 0 Å². The van der Waals surface area contributed by atoms with Crippen LogP contribution in [0.4, 0.5) is 0 Å². The van der Waals surface area contributed by atoms with E-state index in [9.17, 15) is 30.0 Å². The first-order valence-electron chi connectivity index (χ1n) is 12.1. The van der Waals surface area contributed by atoms with Crippen molar-refractivity contribution in [2.24, 2.45) is 22.7 Å². The molecule has 0 spiro atoms. The first-order valence-corrected chi connectivity index (χ1v) is 12.1. The Bertz CT molecular complexity index is 1190. The molecule has 2 aliphatic heterocycles. The maximum Gasteiger partial charge on any atom is 0.210 e. The Labute approximate surface area is 209 Å². The second kappa shape index (κ2) is 6.95. The van der Waals surface area contributed by atoms with Crippen molar-refractivity contribution in [1.82, 2.24) is 0 Å². The first-order chi connectivity index (χ1) is 16.7. The minimum atomic E-state index is -2.26. The molecule has 8 atom stereocenters. The summed E-state index contributed by atoms with van der Waals surface area (Å²) in [7, 11) is 0. The molecule has 192 valence electrons. The van der Waals surface area contributed by atoms with Crippen LogP contribution < -0.4 is 0 Å². The van der Waals surface area contributed by atoms with Crippen molar-refractivity contribution in [2.75, 3.05) is 0 Å². The molecular weight excluding hydrogens is 464 g/mol. The summed E-state index contributed by atoms with van der Waals surface area (Å²) in [6.45, 7) is 9.48. The van der Waals surface area contributed by atoms with Crippen molar-refractivity contribution in [3.05, 3.63) is 71.3 Å². The van der Waals surface area contributed by atoms with Crippen LogP contribution in [-0.4, -0.2) is 54.8 Å². The highest BCUT2D eigenvalue weighted by Crippen LogP contribution is 2.83. The summed E-state index contributed by atoms with van der Waals surface area (Å²) >= 11 is 0. The third-order valence-corrected chi connectivity index (χ3v) is 9.41. The fourth-order valence-corrected chi connectivity index (χ4v) is 7.94. The molecule has 4 N–H and O–H groups in total. The van der Waals surface area contributed by atoms with Crippen molar-refractivity contribution >= 4 is 11.6 Å². The molecule has 0 aromatic carbocycles. The monoisotopic (exact) mass is 496 g/mol. The van der Waals surface area contributed by atoms with E-state index < -0.39 is 57.0 Å². The zero-order chi connectivity index (χ0) is 26.7. The topological polar surface area (TPSA) is 134 Å². The average molecular weight is 497 g/mol. The van der Waals surface area contributed by atoms with E-state index in [1.54, 1.807) is 50.3 Å². The van der Waals surface area contributed by atoms with Crippen molar-refractivity contribution in [2.45, 2.75) is 64.3 Å². The molecule has 0 radical (unpaired) electrons. The van der Waals surface area contributed by atoms with Gasteiger partial charge in [-0.2, -0.15) is 0 Å². The summed E-state index contributed by atoms with van der Waals surface area (Å²) in [5.74, 6) is -9.12. The van der Waals surface area contributed by atoms with Crippen LogP contribution in [0.25, 0.3) is 0 Å². The van der Waals surface area contributed by atoms with Gasteiger partial charge in [-0.15, -0.1) is 0 Å². The molecular formula is C28H32O8. The van der Waals surface area contributed by atoms with Gasteiger partial charge < -0.3 is 29.9 Å². The van der Waals surface area contributed by atoms with E-state index in [-0.39, 0.29) is 22.7 Å². The molecule has 3 saturated carbocycles. The Hall–Kier alpha value is -2.78. The Morgan fingerprint density at radius 1 is 0.694 bits per heavy atom. The number of ether oxygens (including phenoxy) is 2. The van der Waals surface area contributed by atoms with E-state index in [1.807, 2.05) is 0 Å². The number of hydrogen-bond acceptors (Lipinski definition) is 8. The van der Waals surface area contributed by atoms with Crippen molar-refractivity contribution in [1.29, 1.82) is 0 Å². The molecule has 2 saturated heterocycles. The number of aliphatic hydroxyl groups is 4. The number of aliphatic hydroxyl groups excluding tert-OH is 2. The van der Waals surface area contributed by atoms with E-state index in [0.29, 0.717) is 0 Å². The molecule has 8 nitrogen and oxygen atoms in total. The van der Waals surface area contributed by atoms with E-state index in [4.69, 9.17) is 9.47 Å². The first kappa shape index (κ1) is 24.9. The number of carbonyl (C=O) groups is 2. The minimum absolute atomic E-state index is 0.113. The van der Waals surface area contributed by atoms with E-state index in [0.717, 1.165) is 0 Å². The lowest BCUT2D eigenvalue weighted by molar-refractivity contribution is -0.450. The van der Waals surface area contributed by atoms with Crippen LogP contribution in [0.3, 0.4) is 0 Å². The quantitative estimate of drug-likeness (QED) is 0.265. The normalized spacial score (nSPS) is 51.8. The van der Waals surface area contributed by atoms with Gasteiger partial charge in [-0.05, 0) is 53.7 Å². The summed E-state index contributed by atoms with van der Waals surface area (Å²) in [6.07, 6.45) is 12.6. The molecule has 8 bridgehead atoms. The standard InChI is InChI=1S/C28H32O8/c1-7-9-11-13-15(29)17-19-23(3)22(32)18(16(30)14-12-10-8-2)20-24(4,21(17)31)28(34)25(19,5)35-27(23,33)26(20,6)36-28/h7-14,19-20,29-30,33-34H,1-6H3/b9-7+,10-8+,13-11+,14-12+,17-15-,18-16+/t19-,20-,23+,24+,25+,26+,27-,28-/m1/s1. The van der Waals surface area contributed by atoms with Crippen molar-refractivity contribution < 1.29 is 39.5 Å². The summed E-state index contributed by atoms with van der Waals surface area (Å²) in [5.41, 5.74) is -7.52. The van der Waals surface area contributed by atoms with Crippen LogP contribution in [0.5, 0.6) is 0 Å². The van der Waals surface area contributed by atoms with Crippen LogP contribution >= 0.6 is 0 Å². The van der Waals surface area contributed by atoms with Gasteiger partial charge in [0.1, 0.15) is 22.7 Å². The highest BCUT2D eigenvalue weighted by atomic mass is 16.8. The Kier molecular flexibility index (Phi) is 4.81. The van der Waals surface area contributed by atoms with Crippen LogP contribution in [0.1, 0.15) is 41.5 Å². The number of ketones is 2. The molecule has 8 heteroatoms. The summed E-state index contributed by atoms with van der Waals surface area (Å²) in [6, 6.07) is 0. The van der Waals surface area contributed by atoms with Gasteiger partial charge in [0, 0.05) is 23.0 Å². The van der Waals surface area contributed by atoms with Crippen molar-refractivity contribution in [3.63, 3.8) is 0 Å². The van der Waals surface area contributed by atoms with Gasteiger partial charge in [0.2, 0.25) is 11.6 Å². The average Bonchev–Trinajstić information content (AvgIpc) is 3.12. The third kappa shape index (κ3) is 2.15. The van der Waals surface area contributed by atoms with Gasteiger partial charge in [0.25, 0.3) is 0 Å². The molecule has 3 aliphatic carbocycles. The van der Waals surface area contributed by atoms with Gasteiger partial charge in [0.15, 0.2) is 11.6 Å². The predicted octanol–water partition coefficient (Wildman–Crippen LogP) is 3.25. The number of allylic oxidation sites excluding steroid dienone is 8. The lowest BCUT2D eigenvalue weighted by Gasteiger charge is -2.58. The van der Waals surface area contributed by atoms with Crippen LogP contribution in [0.2, 0.25) is 0 Å². The van der Waals surface area contributed by atoms with Crippen LogP contribution in [0.15, 0.2) is 71.3 Å². The highest BCUT2D eigenvalue weighted by molar-refractivity contribution is 6.13. The predicted molar refractivity (Wildman–Crippen MR) is 129 cm³/mol. The minimum Gasteiger partial charge on any atom is -0.508 e. The Morgan fingerprint density at radius 2 is 1.03 bits per heavy atom. The second-order valence-corrected chi connectivity index (χ2v) is 11.0. The second-order valence-electron chi connectivity index (χ2n) is 11.0. The highest BCUT2D eigenvalue weighted by Gasteiger charge is 2.99. The maximum absolute atomic E-state index is 14.3. The molecule has 5 rings (SSSR count). The van der Waals surface area contributed by atoms with Gasteiger partial charge in [-0.1, -0.05) is 36.5 Å². The number of hydrogen-bond donors (Lipinski definition) is 4. The third-order valence-electron chi connectivity index (χ3n) is 9.41. The van der Waals surface area contributed by atoms with Crippen LogP contribution in [-0.2, 0) is 19.1 Å². The Morgan fingerprint density at radius 3 is 1.33 bits per heavy atom.